The molecular weight excluding hydrogens is 379 g/mol. The second-order valence-electron chi connectivity index (χ2n) is 8.77. The van der Waals surface area contributed by atoms with Gasteiger partial charge in [0.1, 0.15) is 5.82 Å². The number of nitrogens with zero attached hydrogens (tertiary/aromatic N) is 2. The molecule has 1 aromatic heterocycles. The molecule has 2 aromatic rings. The monoisotopic (exact) mass is 405 g/mol. The highest BCUT2D eigenvalue weighted by Crippen LogP contribution is 2.33. The van der Waals surface area contributed by atoms with Gasteiger partial charge in [-0.05, 0) is 41.7 Å². The van der Waals surface area contributed by atoms with Crippen LogP contribution in [-0.2, 0) is 23.9 Å². The molecule has 0 unspecified atom stereocenters. The molecule has 1 aliphatic rings. The molecule has 0 aliphatic carbocycles. The van der Waals surface area contributed by atoms with Gasteiger partial charge >= 0.3 is 6.18 Å². The van der Waals surface area contributed by atoms with Crippen LogP contribution in [0, 0.1) is 12.3 Å². The van der Waals surface area contributed by atoms with Gasteiger partial charge in [-0.15, -0.1) is 0 Å². The van der Waals surface area contributed by atoms with Gasteiger partial charge < -0.3 is 10.2 Å². The van der Waals surface area contributed by atoms with E-state index in [9.17, 15) is 18.0 Å². The summed E-state index contributed by atoms with van der Waals surface area (Å²) in [7, 11) is 0. The van der Waals surface area contributed by atoms with Gasteiger partial charge in [-0.25, -0.2) is 4.98 Å². The molecule has 0 bridgehead atoms. The lowest BCUT2D eigenvalue weighted by atomic mass is 9.92. The van der Waals surface area contributed by atoms with Crippen molar-refractivity contribution in [2.24, 2.45) is 5.41 Å². The lowest BCUT2D eigenvalue weighted by Crippen LogP contribution is -2.21. The summed E-state index contributed by atoms with van der Waals surface area (Å²) in [5, 5.41) is 2.91. The van der Waals surface area contributed by atoms with E-state index < -0.39 is 11.7 Å². The number of alkyl halides is 3. The van der Waals surface area contributed by atoms with Crippen LogP contribution in [0.5, 0.6) is 0 Å². The van der Waals surface area contributed by atoms with Crippen LogP contribution < -0.4 is 10.2 Å². The first-order valence-corrected chi connectivity index (χ1v) is 9.64. The summed E-state index contributed by atoms with van der Waals surface area (Å²) in [6.07, 6.45) is -3.18. The van der Waals surface area contributed by atoms with Gasteiger partial charge in [0.05, 0.1) is 16.9 Å². The van der Waals surface area contributed by atoms with Crippen LogP contribution in [0.4, 0.5) is 24.7 Å². The molecule has 0 atom stereocenters. The summed E-state index contributed by atoms with van der Waals surface area (Å²) in [5.74, 6) is 0.516. The first-order chi connectivity index (χ1) is 13.4. The maximum atomic E-state index is 12.7. The van der Waals surface area contributed by atoms with Crippen molar-refractivity contribution >= 4 is 17.4 Å². The topological polar surface area (TPSA) is 45.2 Å². The Kier molecular flexibility index (Phi) is 5.61. The number of aryl methyl sites for hydroxylation is 1. The number of pyridine rings is 1. The van der Waals surface area contributed by atoms with Gasteiger partial charge in [-0.1, -0.05) is 32.9 Å². The maximum Gasteiger partial charge on any atom is 0.416 e. The van der Waals surface area contributed by atoms with Gasteiger partial charge in [0, 0.05) is 25.9 Å². The predicted molar refractivity (Wildman–Crippen MR) is 108 cm³/mol. The molecule has 7 heteroatoms. The normalized spacial score (nSPS) is 14.1. The number of hydrogen-bond acceptors (Lipinski definition) is 3. The molecule has 4 nitrogen and oxygen atoms in total. The quantitative estimate of drug-likeness (QED) is 0.746. The minimum Gasteiger partial charge on any atom is -0.365 e. The van der Waals surface area contributed by atoms with Crippen molar-refractivity contribution < 1.29 is 18.0 Å². The fourth-order valence-electron chi connectivity index (χ4n) is 3.42. The third-order valence-corrected chi connectivity index (χ3v) is 4.83. The van der Waals surface area contributed by atoms with Crippen LogP contribution >= 0.6 is 0 Å². The molecule has 1 amide bonds. The maximum absolute atomic E-state index is 12.7. The highest BCUT2D eigenvalue weighted by molar-refractivity contribution is 5.91. The van der Waals surface area contributed by atoms with E-state index in [1.807, 2.05) is 33.8 Å². The lowest BCUT2D eigenvalue weighted by molar-refractivity contribution is -0.137. The van der Waals surface area contributed by atoms with E-state index in [2.05, 4.69) is 15.2 Å². The van der Waals surface area contributed by atoms with Crippen molar-refractivity contribution in [1.29, 1.82) is 0 Å². The van der Waals surface area contributed by atoms with Gasteiger partial charge in [0.2, 0.25) is 5.91 Å². The zero-order valence-electron chi connectivity index (χ0n) is 17.2. The number of fused-ring (bicyclic) bond motifs is 1. The summed E-state index contributed by atoms with van der Waals surface area (Å²) >= 11 is 0. The van der Waals surface area contributed by atoms with E-state index >= 15 is 0 Å². The average Bonchev–Trinajstić information content (AvgIpc) is 2.95. The molecule has 29 heavy (non-hydrogen) atoms. The minimum absolute atomic E-state index is 0.0624. The fraction of sp³-hybridized carbons (Fsp3) is 0.455. The van der Waals surface area contributed by atoms with Gasteiger partial charge in [0.25, 0.3) is 0 Å². The Bertz CT molecular complexity index is 899. The van der Waals surface area contributed by atoms with Gasteiger partial charge in [-0.3, -0.25) is 4.79 Å². The fourth-order valence-corrected chi connectivity index (χ4v) is 3.42. The zero-order valence-corrected chi connectivity index (χ0v) is 17.2. The van der Waals surface area contributed by atoms with Crippen molar-refractivity contribution in [2.75, 3.05) is 16.8 Å². The number of carbonyl (C=O) groups excluding carboxylic acids is 1. The van der Waals surface area contributed by atoms with E-state index in [1.165, 1.54) is 12.1 Å². The predicted octanol–water partition coefficient (Wildman–Crippen LogP) is 5.35. The zero-order chi connectivity index (χ0) is 21.4. The molecule has 3 rings (SSSR count). The second kappa shape index (κ2) is 7.69. The number of rotatable bonds is 4. The molecule has 0 saturated heterocycles. The third kappa shape index (κ3) is 5.28. The van der Waals surface area contributed by atoms with Gasteiger partial charge in [0.15, 0.2) is 0 Å². The average molecular weight is 405 g/mol. The SMILES string of the molecule is Cc1cc2c(nc1NC(=O)CC(C)(C)C)CCN2Cc1ccc(C(F)(F)F)cc1. The van der Waals surface area contributed by atoms with E-state index in [0.717, 1.165) is 47.6 Å². The number of amides is 1. The highest BCUT2D eigenvalue weighted by Gasteiger charge is 2.30. The number of nitrogens with one attached hydrogen (secondary N) is 1. The number of halogens is 3. The molecule has 156 valence electrons. The molecular formula is C22H26F3N3O. The lowest BCUT2D eigenvalue weighted by Gasteiger charge is -2.21. The second-order valence-corrected chi connectivity index (χ2v) is 8.77. The molecule has 1 N–H and O–H groups in total. The molecule has 0 spiro atoms. The van der Waals surface area contributed by atoms with Crippen molar-refractivity contribution in [1.82, 2.24) is 4.98 Å². The van der Waals surface area contributed by atoms with Crippen LogP contribution in [0.25, 0.3) is 0 Å². The van der Waals surface area contributed by atoms with Crippen molar-refractivity contribution in [3.05, 3.63) is 52.7 Å². The van der Waals surface area contributed by atoms with E-state index in [0.29, 0.717) is 18.8 Å². The Balaban J connectivity index is 1.73. The first-order valence-electron chi connectivity index (χ1n) is 9.64. The Hall–Kier alpha value is -2.57. The third-order valence-electron chi connectivity index (χ3n) is 4.83. The smallest absolute Gasteiger partial charge is 0.365 e. The largest absolute Gasteiger partial charge is 0.416 e. The number of hydrogen-bond donors (Lipinski definition) is 1. The van der Waals surface area contributed by atoms with Crippen molar-refractivity contribution in [3.63, 3.8) is 0 Å². The number of carbonyl (C=O) groups is 1. The Morgan fingerprint density at radius 2 is 1.83 bits per heavy atom. The standard InChI is InChI=1S/C22H26F3N3O/c1-14-11-18-17(26-20(14)27-19(29)12-21(2,3)4)9-10-28(18)13-15-5-7-16(8-6-15)22(23,24)25/h5-8,11H,9-10,12-13H2,1-4H3,(H,26,27,29). The summed E-state index contributed by atoms with van der Waals surface area (Å²) in [6.45, 7) is 9.18. The summed E-state index contributed by atoms with van der Waals surface area (Å²) < 4.78 is 38.2. The first kappa shape index (κ1) is 21.1. The van der Waals surface area contributed by atoms with Crippen molar-refractivity contribution in [3.8, 4) is 0 Å². The Morgan fingerprint density at radius 1 is 1.17 bits per heavy atom. The molecule has 1 aromatic carbocycles. The molecule has 1 aliphatic heterocycles. The van der Waals surface area contributed by atoms with Gasteiger partial charge in [-0.2, -0.15) is 13.2 Å². The van der Waals surface area contributed by atoms with E-state index in [4.69, 9.17) is 0 Å². The minimum atomic E-state index is -4.33. The molecule has 0 fully saturated rings. The Morgan fingerprint density at radius 3 is 2.41 bits per heavy atom. The van der Waals surface area contributed by atoms with Crippen LogP contribution in [0.1, 0.15) is 49.6 Å². The summed E-state index contributed by atoms with van der Waals surface area (Å²) in [5.41, 5.74) is 2.80. The molecule has 0 radical (unpaired) electrons. The number of aromatic nitrogens is 1. The molecule has 2 heterocycles. The number of anilines is 2. The Labute approximate surface area is 169 Å². The van der Waals surface area contributed by atoms with E-state index in [1.54, 1.807) is 0 Å². The summed E-state index contributed by atoms with van der Waals surface area (Å²) in [6, 6.07) is 7.25. The van der Waals surface area contributed by atoms with Crippen LogP contribution in [0.3, 0.4) is 0 Å². The van der Waals surface area contributed by atoms with Crippen LogP contribution in [0.15, 0.2) is 30.3 Å². The van der Waals surface area contributed by atoms with Crippen LogP contribution in [-0.4, -0.2) is 17.4 Å². The number of benzene rings is 1. The molecule has 0 saturated carbocycles. The highest BCUT2D eigenvalue weighted by atomic mass is 19.4. The van der Waals surface area contributed by atoms with E-state index in [-0.39, 0.29) is 11.3 Å². The van der Waals surface area contributed by atoms with Crippen molar-refractivity contribution in [2.45, 2.75) is 53.3 Å². The summed E-state index contributed by atoms with van der Waals surface area (Å²) in [4.78, 5) is 19.0. The van der Waals surface area contributed by atoms with Crippen LogP contribution in [0.2, 0.25) is 0 Å².